The first kappa shape index (κ1) is 16.2. The molecule has 0 aromatic heterocycles. The van der Waals surface area contributed by atoms with Gasteiger partial charge in [0, 0.05) is 31.6 Å². The van der Waals surface area contributed by atoms with Gasteiger partial charge in [-0.3, -0.25) is 9.59 Å². The van der Waals surface area contributed by atoms with Gasteiger partial charge in [0.05, 0.1) is 0 Å². The minimum atomic E-state index is 0.0275. The number of hydrogen-bond acceptors (Lipinski definition) is 3. The summed E-state index contributed by atoms with van der Waals surface area (Å²) in [6.45, 7) is 3.15. The van der Waals surface area contributed by atoms with Gasteiger partial charge in [0.25, 0.3) is 0 Å². The smallest absolute Gasteiger partial charge is 0.224 e. The fraction of sp³-hybridized carbons (Fsp3) is 0.467. The van der Waals surface area contributed by atoms with E-state index < -0.39 is 0 Å². The number of carbonyl (C=O) groups excluding carboxylic acids is 2. The van der Waals surface area contributed by atoms with Crippen molar-refractivity contribution in [2.45, 2.75) is 32.7 Å². The van der Waals surface area contributed by atoms with Gasteiger partial charge in [-0.25, -0.2) is 0 Å². The molecule has 0 heterocycles. The monoisotopic (exact) mass is 277 g/mol. The number of carbonyl (C=O) groups is 2. The maximum Gasteiger partial charge on any atom is 0.224 e. The van der Waals surface area contributed by atoms with E-state index in [4.69, 9.17) is 0 Å². The summed E-state index contributed by atoms with van der Waals surface area (Å²) < 4.78 is 0. The Morgan fingerprint density at radius 3 is 2.35 bits per heavy atom. The summed E-state index contributed by atoms with van der Waals surface area (Å²) in [5, 5.41) is 8.61. The van der Waals surface area contributed by atoms with Crippen LogP contribution in [0.15, 0.2) is 24.3 Å². The molecule has 20 heavy (non-hydrogen) atoms. The lowest BCUT2D eigenvalue weighted by Gasteiger charge is -2.07. The molecule has 1 aromatic rings. The van der Waals surface area contributed by atoms with Gasteiger partial charge in [-0.05, 0) is 31.2 Å². The van der Waals surface area contributed by atoms with Crippen molar-refractivity contribution in [3.8, 4) is 0 Å². The molecule has 0 saturated heterocycles. The van der Waals surface area contributed by atoms with Crippen LogP contribution in [0.3, 0.4) is 0 Å². The lowest BCUT2D eigenvalue weighted by molar-refractivity contribution is -0.121. The second kappa shape index (κ2) is 9.09. The molecule has 0 unspecified atom stereocenters. The van der Waals surface area contributed by atoms with Gasteiger partial charge in [0.15, 0.2) is 0 Å². The van der Waals surface area contributed by atoms with Crippen molar-refractivity contribution < 1.29 is 9.59 Å². The molecule has 0 fully saturated rings. The highest BCUT2D eigenvalue weighted by Gasteiger charge is 2.02. The third-order valence-electron chi connectivity index (χ3n) is 2.81. The average Bonchev–Trinajstić information content (AvgIpc) is 2.44. The standard InChI is InChI=1S/C15H23N3O2/c1-3-4-15(20)18-13-7-5-12(6-8-13)11-17-14(19)9-10-16-2/h5-8,16H,3-4,9-11H2,1-2H3,(H,17,19)(H,18,20). The van der Waals surface area contributed by atoms with Gasteiger partial charge in [0.1, 0.15) is 0 Å². The number of nitrogens with one attached hydrogen (secondary N) is 3. The number of amides is 2. The molecule has 1 rings (SSSR count). The maximum atomic E-state index is 11.5. The topological polar surface area (TPSA) is 70.2 Å². The van der Waals surface area contributed by atoms with Crippen molar-refractivity contribution in [2.24, 2.45) is 0 Å². The lowest BCUT2D eigenvalue weighted by Crippen LogP contribution is -2.26. The van der Waals surface area contributed by atoms with Crippen LogP contribution in [0.4, 0.5) is 5.69 Å². The molecule has 0 saturated carbocycles. The van der Waals surface area contributed by atoms with Crippen molar-refractivity contribution >= 4 is 17.5 Å². The predicted molar refractivity (Wildman–Crippen MR) is 80.4 cm³/mol. The van der Waals surface area contributed by atoms with Gasteiger partial charge in [0.2, 0.25) is 11.8 Å². The molecule has 5 nitrogen and oxygen atoms in total. The van der Waals surface area contributed by atoms with Crippen molar-refractivity contribution in [1.29, 1.82) is 0 Å². The zero-order valence-corrected chi connectivity index (χ0v) is 12.2. The van der Waals surface area contributed by atoms with Crippen LogP contribution in [0.25, 0.3) is 0 Å². The molecule has 0 spiro atoms. The van der Waals surface area contributed by atoms with Crippen LogP contribution in [0.5, 0.6) is 0 Å². The summed E-state index contributed by atoms with van der Waals surface area (Å²) in [5.41, 5.74) is 1.80. The average molecular weight is 277 g/mol. The van der Waals surface area contributed by atoms with Crippen molar-refractivity contribution in [3.63, 3.8) is 0 Å². The van der Waals surface area contributed by atoms with Crippen LogP contribution in [0.1, 0.15) is 31.7 Å². The highest BCUT2D eigenvalue weighted by molar-refractivity contribution is 5.90. The van der Waals surface area contributed by atoms with E-state index >= 15 is 0 Å². The molecule has 0 aliphatic rings. The molecule has 0 radical (unpaired) electrons. The van der Waals surface area contributed by atoms with Crippen LogP contribution in [0.2, 0.25) is 0 Å². The van der Waals surface area contributed by atoms with E-state index in [9.17, 15) is 9.59 Å². The van der Waals surface area contributed by atoms with E-state index in [0.717, 1.165) is 17.7 Å². The zero-order valence-electron chi connectivity index (χ0n) is 12.2. The largest absolute Gasteiger partial charge is 0.352 e. The van der Waals surface area contributed by atoms with Crippen LogP contribution in [-0.2, 0) is 16.1 Å². The Hall–Kier alpha value is -1.88. The van der Waals surface area contributed by atoms with Crippen LogP contribution in [0, 0.1) is 0 Å². The summed E-state index contributed by atoms with van der Waals surface area (Å²) in [5.74, 6) is 0.0558. The number of rotatable bonds is 8. The highest BCUT2D eigenvalue weighted by Crippen LogP contribution is 2.10. The Kier molecular flexibility index (Phi) is 7.35. The van der Waals surface area contributed by atoms with Crippen LogP contribution >= 0.6 is 0 Å². The van der Waals surface area contributed by atoms with E-state index in [2.05, 4.69) is 16.0 Å². The summed E-state index contributed by atoms with van der Waals surface area (Å²) in [6, 6.07) is 7.51. The lowest BCUT2D eigenvalue weighted by atomic mass is 10.2. The molecular weight excluding hydrogens is 254 g/mol. The Bertz CT molecular complexity index is 429. The van der Waals surface area contributed by atoms with E-state index in [1.165, 1.54) is 0 Å². The summed E-state index contributed by atoms with van der Waals surface area (Å²) in [4.78, 5) is 22.9. The Labute approximate surface area is 120 Å². The van der Waals surface area contributed by atoms with Gasteiger partial charge < -0.3 is 16.0 Å². The fourth-order valence-corrected chi connectivity index (χ4v) is 1.68. The van der Waals surface area contributed by atoms with Gasteiger partial charge in [-0.15, -0.1) is 0 Å². The first-order chi connectivity index (χ1) is 9.65. The second-order valence-corrected chi connectivity index (χ2v) is 4.63. The minimum absolute atomic E-state index is 0.0275. The SMILES string of the molecule is CCCC(=O)Nc1ccc(CNC(=O)CCNC)cc1. The molecule has 5 heteroatoms. The van der Waals surface area contributed by atoms with E-state index in [0.29, 0.717) is 25.9 Å². The molecule has 2 amide bonds. The normalized spacial score (nSPS) is 10.1. The van der Waals surface area contributed by atoms with Crippen LogP contribution < -0.4 is 16.0 Å². The summed E-state index contributed by atoms with van der Waals surface area (Å²) in [7, 11) is 1.82. The third kappa shape index (κ3) is 6.33. The van der Waals surface area contributed by atoms with Crippen molar-refractivity contribution in [2.75, 3.05) is 18.9 Å². The molecule has 3 N–H and O–H groups in total. The van der Waals surface area contributed by atoms with E-state index in [1.807, 2.05) is 38.2 Å². The summed E-state index contributed by atoms with van der Waals surface area (Å²) >= 11 is 0. The minimum Gasteiger partial charge on any atom is -0.352 e. The number of hydrogen-bond donors (Lipinski definition) is 3. The summed E-state index contributed by atoms with van der Waals surface area (Å²) in [6.07, 6.45) is 1.84. The third-order valence-corrected chi connectivity index (χ3v) is 2.81. The fourth-order valence-electron chi connectivity index (χ4n) is 1.68. The van der Waals surface area contributed by atoms with Gasteiger partial charge in [-0.2, -0.15) is 0 Å². The molecule has 0 bridgehead atoms. The van der Waals surface area contributed by atoms with Crippen LogP contribution in [-0.4, -0.2) is 25.4 Å². The number of benzene rings is 1. The van der Waals surface area contributed by atoms with Gasteiger partial charge in [-0.1, -0.05) is 19.1 Å². The first-order valence-corrected chi connectivity index (χ1v) is 6.95. The molecule has 0 atom stereocenters. The Balaban J connectivity index is 2.38. The number of anilines is 1. The molecular formula is C15H23N3O2. The van der Waals surface area contributed by atoms with Crippen molar-refractivity contribution in [3.05, 3.63) is 29.8 Å². The first-order valence-electron chi connectivity index (χ1n) is 6.95. The van der Waals surface area contributed by atoms with E-state index in [-0.39, 0.29) is 11.8 Å². The molecule has 0 aliphatic carbocycles. The quantitative estimate of drug-likeness (QED) is 0.676. The predicted octanol–water partition coefficient (Wildman–Crippen LogP) is 1.65. The maximum absolute atomic E-state index is 11.5. The molecule has 1 aromatic carbocycles. The van der Waals surface area contributed by atoms with E-state index in [1.54, 1.807) is 0 Å². The highest BCUT2D eigenvalue weighted by atomic mass is 16.2. The molecule has 0 aliphatic heterocycles. The van der Waals surface area contributed by atoms with Crippen molar-refractivity contribution in [1.82, 2.24) is 10.6 Å². The Morgan fingerprint density at radius 2 is 1.75 bits per heavy atom. The molecule has 110 valence electrons. The van der Waals surface area contributed by atoms with Gasteiger partial charge >= 0.3 is 0 Å². The second-order valence-electron chi connectivity index (χ2n) is 4.63. The Morgan fingerprint density at radius 1 is 1.05 bits per heavy atom. The zero-order chi connectivity index (χ0) is 14.8.